The van der Waals surface area contributed by atoms with Crippen molar-refractivity contribution in [1.82, 2.24) is 4.98 Å². The second-order valence-electron chi connectivity index (χ2n) is 6.80. The third kappa shape index (κ3) is 4.76. The predicted octanol–water partition coefficient (Wildman–Crippen LogP) is 5.10. The van der Waals surface area contributed by atoms with Crippen molar-refractivity contribution in [2.24, 2.45) is 0 Å². The molecule has 5 nitrogen and oxygen atoms in total. The Labute approximate surface area is 159 Å². The summed E-state index contributed by atoms with van der Waals surface area (Å²) in [5, 5.41) is 2.84. The van der Waals surface area contributed by atoms with E-state index in [2.05, 4.69) is 24.1 Å². The molecule has 0 bridgehead atoms. The maximum atomic E-state index is 12.2. The minimum atomic E-state index is -0.222. The molecule has 3 rings (SSSR count). The summed E-state index contributed by atoms with van der Waals surface area (Å²) in [7, 11) is 0. The van der Waals surface area contributed by atoms with Crippen molar-refractivity contribution in [2.75, 3.05) is 11.9 Å². The van der Waals surface area contributed by atoms with Crippen LogP contribution < -0.4 is 10.1 Å². The van der Waals surface area contributed by atoms with Crippen molar-refractivity contribution >= 4 is 11.6 Å². The van der Waals surface area contributed by atoms with Crippen LogP contribution in [0.15, 0.2) is 52.9 Å². The number of carbonyl (C=O) groups is 1. The van der Waals surface area contributed by atoms with Crippen LogP contribution in [0.25, 0.3) is 11.5 Å². The standard InChI is InChI=1S/C22H24N2O3/c1-14(2)17-8-10-20(11-9-17)26-13-21(25)24-19-7-5-6-18(12-19)22-23-15(3)16(4)27-22/h5-12,14H,13H2,1-4H3,(H,24,25). The number of amides is 1. The molecule has 27 heavy (non-hydrogen) atoms. The van der Waals surface area contributed by atoms with E-state index in [4.69, 9.17) is 9.15 Å². The zero-order valence-corrected chi connectivity index (χ0v) is 16.1. The lowest BCUT2D eigenvalue weighted by Gasteiger charge is -2.10. The highest BCUT2D eigenvalue weighted by molar-refractivity contribution is 5.92. The summed E-state index contributed by atoms with van der Waals surface area (Å²) < 4.78 is 11.2. The number of aromatic nitrogens is 1. The molecule has 1 N–H and O–H groups in total. The number of hydrogen-bond acceptors (Lipinski definition) is 4. The summed E-state index contributed by atoms with van der Waals surface area (Å²) in [6.45, 7) is 8.00. The first kappa shape index (κ1) is 18.7. The molecular formula is C22H24N2O3. The lowest BCUT2D eigenvalue weighted by Crippen LogP contribution is -2.20. The molecular weight excluding hydrogens is 340 g/mol. The van der Waals surface area contributed by atoms with Crippen molar-refractivity contribution < 1.29 is 13.9 Å². The lowest BCUT2D eigenvalue weighted by atomic mass is 10.0. The Morgan fingerprint density at radius 3 is 2.52 bits per heavy atom. The molecule has 0 fully saturated rings. The van der Waals surface area contributed by atoms with Crippen LogP contribution in [-0.4, -0.2) is 17.5 Å². The lowest BCUT2D eigenvalue weighted by molar-refractivity contribution is -0.118. The Morgan fingerprint density at radius 1 is 1.15 bits per heavy atom. The summed E-state index contributed by atoms with van der Waals surface area (Å²) >= 11 is 0. The molecule has 0 radical (unpaired) electrons. The summed E-state index contributed by atoms with van der Waals surface area (Å²) in [5.74, 6) is 2.25. The summed E-state index contributed by atoms with van der Waals surface area (Å²) in [6.07, 6.45) is 0. The minimum absolute atomic E-state index is 0.0531. The van der Waals surface area contributed by atoms with Crippen molar-refractivity contribution in [1.29, 1.82) is 0 Å². The van der Waals surface area contributed by atoms with Crippen LogP contribution >= 0.6 is 0 Å². The summed E-state index contributed by atoms with van der Waals surface area (Å²) in [6, 6.07) is 15.2. The maximum Gasteiger partial charge on any atom is 0.262 e. The van der Waals surface area contributed by atoms with E-state index in [0.29, 0.717) is 23.2 Å². The second-order valence-corrected chi connectivity index (χ2v) is 6.80. The van der Waals surface area contributed by atoms with Gasteiger partial charge in [0.15, 0.2) is 6.61 Å². The van der Waals surface area contributed by atoms with Gasteiger partial charge in [0.25, 0.3) is 5.91 Å². The molecule has 1 heterocycles. The number of ether oxygens (including phenoxy) is 1. The fraction of sp³-hybridized carbons (Fsp3) is 0.273. The van der Waals surface area contributed by atoms with Crippen molar-refractivity contribution in [3.63, 3.8) is 0 Å². The normalized spacial score (nSPS) is 10.9. The molecule has 0 saturated heterocycles. The van der Waals surface area contributed by atoms with Gasteiger partial charge in [0, 0.05) is 11.3 Å². The molecule has 5 heteroatoms. The second kappa shape index (κ2) is 8.08. The van der Waals surface area contributed by atoms with Crippen LogP contribution in [0, 0.1) is 13.8 Å². The first-order valence-electron chi connectivity index (χ1n) is 8.99. The van der Waals surface area contributed by atoms with Gasteiger partial charge in [0.05, 0.1) is 5.69 Å². The monoisotopic (exact) mass is 364 g/mol. The molecule has 0 aliphatic carbocycles. The summed E-state index contributed by atoms with van der Waals surface area (Å²) in [5.41, 5.74) is 3.58. The molecule has 0 aliphatic rings. The molecule has 3 aromatic rings. The molecule has 1 amide bonds. The van der Waals surface area contributed by atoms with Gasteiger partial charge in [-0.2, -0.15) is 0 Å². The minimum Gasteiger partial charge on any atom is -0.484 e. The first-order chi connectivity index (χ1) is 12.9. The topological polar surface area (TPSA) is 64.4 Å². The van der Waals surface area contributed by atoms with Crippen molar-refractivity contribution in [3.8, 4) is 17.2 Å². The Kier molecular flexibility index (Phi) is 5.60. The molecule has 0 saturated carbocycles. The third-order valence-corrected chi connectivity index (χ3v) is 4.34. The van der Waals surface area contributed by atoms with Gasteiger partial charge in [-0.25, -0.2) is 4.98 Å². The average Bonchev–Trinajstić information content (AvgIpc) is 2.99. The van der Waals surface area contributed by atoms with E-state index in [-0.39, 0.29) is 12.5 Å². The number of benzene rings is 2. The number of hydrogen-bond donors (Lipinski definition) is 1. The number of carbonyl (C=O) groups excluding carboxylic acids is 1. The van der Waals surface area contributed by atoms with Gasteiger partial charge >= 0.3 is 0 Å². The van der Waals surface area contributed by atoms with Crippen LogP contribution in [0.2, 0.25) is 0 Å². The number of nitrogens with one attached hydrogen (secondary N) is 1. The van der Waals surface area contributed by atoms with E-state index in [9.17, 15) is 4.79 Å². The molecule has 0 spiro atoms. The van der Waals surface area contributed by atoms with E-state index in [0.717, 1.165) is 17.0 Å². The molecule has 140 valence electrons. The van der Waals surface area contributed by atoms with E-state index in [1.54, 1.807) is 0 Å². The fourth-order valence-electron chi connectivity index (χ4n) is 2.62. The van der Waals surface area contributed by atoms with Crippen LogP contribution in [0.3, 0.4) is 0 Å². The van der Waals surface area contributed by atoms with Gasteiger partial charge in [-0.15, -0.1) is 0 Å². The van der Waals surface area contributed by atoms with Gasteiger partial charge in [-0.05, 0) is 55.7 Å². The summed E-state index contributed by atoms with van der Waals surface area (Å²) in [4.78, 5) is 16.6. The highest BCUT2D eigenvalue weighted by atomic mass is 16.5. The van der Waals surface area contributed by atoms with E-state index in [1.165, 1.54) is 5.56 Å². The Bertz CT molecular complexity index is 907. The Balaban J connectivity index is 1.60. The van der Waals surface area contributed by atoms with E-state index in [1.807, 2.05) is 62.4 Å². The zero-order valence-electron chi connectivity index (χ0n) is 16.1. The van der Waals surface area contributed by atoms with Gasteiger partial charge in [-0.1, -0.05) is 32.0 Å². The van der Waals surface area contributed by atoms with Crippen LogP contribution in [0.5, 0.6) is 5.75 Å². The largest absolute Gasteiger partial charge is 0.484 e. The van der Waals surface area contributed by atoms with E-state index < -0.39 is 0 Å². The number of rotatable bonds is 6. The molecule has 0 atom stereocenters. The highest BCUT2D eigenvalue weighted by Gasteiger charge is 2.10. The van der Waals surface area contributed by atoms with Gasteiger partial charge in [-0.3, -0.25) is 4.79 Å². The molecule has 0 aliphatic heterocycles. The van der Waals surface area contributed by atoms with Crippen LogP contribution in [0.4, 0.5) is 5.69 Å². The number of nitrogens with zero attached hydrogens (tertiary/aromatic N) is 1. The number of aryl methyl sites for hydroxylation is 2. The Hall–Kier alpha value is -3.08. The molecule has 0 unspecified atom stereocenters. The zero-order chi connectivity index (χ0) is 19.4. The van der Waals surface area contributed by atoms with Crippen LogP contribution in [-0.2, 0) is 4.79 Å². The van der Waals surface area contributed by atoms with Gasteiger partial charge < -0.3 is 14.5 Å². The smallest absolute Gasteiger partial charge is 0.262 e. The quantitative estimate of drug-likeness (QED) is 0.661. The fourth-order valence-corrected chi connectivity index (χ4v) is 2.62. The van der Waals surface area contributed by atoms with Gasteiger partial charge in [0.2, 0.25) is 5.89 Å². The van der Waals surface area contributed by atoms with Crippen LogP contribution in [0.1, 0.15) is 36.8 Å². The maximum absolute atomic E-state index is 12.2. The molecule has 2 aromatic carbocycles. The first-order valence-corrected chi connectivity index (χ1v) is 8.99. The Morgan fingerprint density at radius 2 is 1.89 bits per heavy atom. The number of oxazole rings is 1. The van der Waals surface area contributed by atoms with Crippen molar-refractivity contribution in [3.05, 3.63) is 65.5 Å². The van der Waals surface area contributed by atoms with Gasteiger partial charge in [0.1, 0.15) is 11.5 Å². The SMILES string of the molecule is Cc1nc(-c2cccc(NC(=O)COc3ccc(C(C)C)cc3)c2)oc1C. The predicted molar refractivity (Wildman–Crippen MR) is 106 cm³/mol. The van der Waals surface area contributed by atoms with E-state index >= 15 is 0 Å². The average molecular weight is 364 g/mol. The third-order valence-electron chi connectivity index (χ3n) is 4.34. The molecule has 1 aromatic heterocycles. The van der Waals surface area contributed by atoms with Crippen molar-refractivity contribution in [2.45, 2.75) is 33.6 Å². The number of anilines is 1. The highest BCUT2D eigenvalue weighted by Crippen LogP contribution is 2.24.